The van der Waals surface area contributed by atoms with E-state index < -0.39 is 15.3 Å². The fraction of sp³-hybridized carbons (Fsp3) is 0.500. The zero-order valence-corrected chi connectivity index (χ0v) is 10.6. The van der Waals surface area contributed by atoms with Crippen LogP contribution in [0.3, 0.4) is 0 Å². The number of rotatable bonds is 5. The molecule has 0 bridgehead atoms. The molecule has 1 atom stereocenters. The average molecular weight is 269 g/mol. The largest absolute Gasteiger partial charge is 0.329 e. The molecule has 0 saturated heterocycles. The van der Waals surface area contributed by atoms with Crippen LogP contribution in [0.5, 0.6) is 0 Å². The van der Waals surface area contributed by atoms with Gasteiger partial charge in [-0.2, -0.15) is 0 Å². The van der Waals surface area contributed by atoms with E-state index in [0.717, 1.165) is 4.88 Å². The molecule has 0 fully saturated rings. The van der Waals surface area contributed by atoms with Crippen LogP contribution in [0, 0.1) is 0 Å². The maximum atomic E-state index is 11.5. The first-order valence-corrected chi connectivity index (χ1v) is 7.12. The second kappa shape index (κ2) is 5.27. The van der Waals surface area contributed by atoms with Gasteiger partial charge in [-0.3, -0.25) is 0 Å². The van der Waals surface area contributed by atoms with Gasteiger partial charge >= 0.3 is 0 Å². The van der Waals surface area contributed by atoms with Crippen molar-refractivity contribution in [1.82, 2.24) is 4.72 Å². The van der Waals surface area contributed by atoms with Crippen LogP contribution < -0.4 is 10.5 Å². The van der Waals surface area contributed by atoms with Crippen LogP contribution in [-0.4, -0.2) is 20.2 Å². The minimum atomic E-state index is -3.31. The third kappa shape index (κ3) is 3.73. The van der Waals surface area contributed by atoms with Gasteiger partial charge in [0.15, 0.2) is 0 Å². The van der Waals surface area contributed by atoms with Crippen LogP contribution in [0.15, 0.2) is 12.1 Å². The third-order valence-electron chi connectivity index (χ3n) is 1.94. The van der Waals surface area contributed by atoms with Gasteiger partial charge in [0.1, 0.15) is 0 Å². The lowest BCUT2D eigenvalue weighted by molar-refractivity contribution is 0.569. The molecule has 0 spiro atoms. The summed E-state index contributed by atoms with van der Waals surface area (Å²) in [6.07, 6.45) is 0. The van der Waals surface area contributed by atoms with Crippen LogP contribution in [0.4, 0.5) is 0 Å². The van der Waals surface area contributed by atoms with Crippen molar-refractivity contribution < 1.29 is 8.42 Å². The predicted molar refractivity (Wildman–Crippen MR) is 63.6 cm³/mol. The summed E-state index contributed by atoms with van der Waals surface area (Å²) in [7, 11) is -3.31. The van der Waals surface area contributed by atoms with E-state index in [1.807, 2.05) is 0 Å². The summed E-state index contributed by atoms with van der Waals surface area (Å²) < 4.78 is 26.2. The molecule has 3 N–H and O–H groups in total. The molecule has 0 saturated carbocycles. The zero-order chi connectivity index (χ0) is 11.5. The Bertz CT molecular complexity index is 416. The molecule has 0 radical (unpaired) electrons. The molecule has 1 aromatic rings. The Balaban J connectivity index is 2.57. The van der Waals surface area contributed by atoms with Crippen LogP contribution in [-0.2, 0) is 16.6 Å². The van der Waals surface area contributed by atoms with E-state index in [0.29, 0.717) is 4.34 Å². The first-order chi connectivity index (χ1) is 6.95. The summed E-state index contributed by atoms with van der Waals surface area (Å²) in [6, 6.07) is 3.53. The fourth-order valence-corrected chi connectivity index (χ4v) is 2.90. The minimum absolute atomic E-state index is 0.112. The van der Waals surface area contributed by atoms with Crippen molar-refractivity contribution in [3.8, 4) is 0 Å². The quantitative estimate of drug-likeness (QED) is 0.842. The molecule has 1 rings (SSSR count). The van der Waals surface area contributed by atoms with Gasteiger partial charge in [-0.15, -0.1) is 11.3 Å². The number of halogens is 1. The smallest absolute Gasteiger partial charge is 0.215 e. The molecule has 1 unspecified atom stereocenters. The highest BCUT2D eigenvalue weighted by Gasteiger charge is 2.18. The number of nitrogens with two attached hydrogens (primary N) is 1. The second-order valence-electron chi connectivity index (χ2n) is 3.12. The number of nitrogens with one attached hydrogen (secondary N) is 1. The Morgan fingerprint density at radius 3 is 2.73 bits per heavy atom. The summed E-state index contributed by atoms with van der Waals surface area (Å²) in [5, 5.41) is -0.576. The maximum absolute atomic E-state index is 11.5. The first-order valence-electron chi connectivity index (χ1n) is 4.38. The van der Waals surface area contributed by atoms with E-state index >= 15 is 0 Å². The first kappa shape index (κ1) is 12.9. The van der Waals surface area contributed by atoms with Crippen molar-refractivity contribution in [2.24, 2.45) is 5.73 Å². The standard InChI is InChI=1S/C8H13ClN2O2S2/c1-6(4-10)15(12,13)11-5-7-2-3-8(9)14-7/h2-3,6,11H,4-5,10H2,1H3. The van der Waals surface area contributed by atoms with E-state index in [1.165, 1.54) is 11.3 Å². The van der Waals surface area contributed by atoms with Gasteiger partial charge in [-0.25, -0.2) is 13.1 Å². The van der Waals surface area contributed by atoms with E-state index in [-0.39, 0.29) is 13.1 Å². The molecule has 86 valence electrons. The Hall–Kier alpha value is -0.140. The number of hydrogen-bond donors (Lipinski definition) is 2. The molecule has 0 aliphatic carbocycles. The molecule has 0 aliphatic heterocycles. The minimum Gasteiger partial charge on any atom is -0.329 e. The lowest BCUT2D eigenvalue weighted by Crippen LogP contribution is -2.36. The van der Waals surface area contributed by atoms with Crippen molar-refractivity contribution in [3.63, 3.8) is 0 Å². The second-order valence-corrected chi connectivity index (χ2v) is 7.10. The monoisotopic (exact) mass is 268 g/mol. The maximum Gasteiger partial charge on any atom is 0.215 e. The molecular weight excluding hydrogens is 256 g/mol. The van der Waals surface area contributed by atoms with Crippen LogP contribution in [0.1, 0.15) is 11.8 Å². The predicted octanol–water partition coefficient (Wildman–Crippen LogP) is 1.17. The number of hydrogen-bond acceptors (Lipinski definition) is 4. The van der Waals surface area contributed by atoms with Crippen LogP contribution in [0.25, 0.3) is 0 Å². The lowest BCUT2D eigenvalue weighted by atomic mass is 10.5. The molecule has 0 amide bonds. The van der Waals surface area contributed by atoms with Gasteiger partial charge in [-0.05, 0) is 19.1 Å². The van der Waals surface area contributed by atoms with Crippen molar-refractivity contribution in [1.29, 1.82) is 0 Å². The Morgan fingerprint density at radius 1 is 1.60 bits per heavy atom. The SMILES string of the molecule is CC(CN)S(=O)(=O)NCc1ccc(Cl)s1. The topological polar surface area (TPSA) is 72.2 Å². The molecule has 7 heteroatoms. The molecule has 0 aliphatic rings. The molecule has 0 aromatic carbocycles. The van der Waals surface area contributed by atoms with Crippen LogP contribution in [0.2, 0.25) is 4.34 Å². The summed E-state index contributed by atoms with van der Waals surface area (Å²) in [4.78, 5) is 0.882. The van der Waals surface area contributed by atoms with E-state index in [4.69, 9.17) is 17.3 Å². The van der Waals surface area contributed by atoms with Crippen molar-refractivity contribution >= 4 is 33.0 Å². The summed E-state index contributed by atoms with van der Waals surface area (Å²) in [5.41, 5.74) is 5.29. The molecule has 1 heterocycles. The van der Waals surface area contributed by atoms with Gasteiger partial charge in [0, 0.05) is 18.0 Å². The van der Waals surface area contributed by atoms with Gasteiger partial charge in [0.2, 0.25) is 10.0 Å². The Labute approximate surface area is 98.5 Å². The highest BCUT2D eigenvalue weighted by Crippen LogP contribution is 2.21. The average Bonchev–Trinajstić information content (AvgIpc) is 2.60. The summed E-state index contributed by atoms with van der Waals surface area (Å²) >= 11 is 7.08. The third-order valence-corrected chi connectivity index (χ3v) is 4.97. The number of thiophene rings is 1. The molecule has 15 heavy (non-hydrogen) atoms. The van der Waals surface area contributed by atoms with Gasteiger partial charge in [0.05, 0.1) is 9.59 Å². The number of sulfonamides is 1. The normalized spacial score (nSPS) is 14.1. The van der Waals surface area contributed by atoms with Gasteiger partial charge < -0.3 is 5.73 Å². The van der Waals surface area contributed by atoms with E-state index in [2.05, 4.69) is 4.72 Å². The van der Waals surface area contributed by atoms with Gasteiger partial charge in [0.25, 0.3) is 0 Å². The Kier molecular flexibility index (Phi) is 4.54. The summed E-state index contributed by atoms with van der Waals surface area (Å²) in [5.74, 6) is 0. The van der Waals surface area contributed by atoms with E-state index in [9.17, 15) is 8.42 Å². The molecule has 4 nitrogen and oxygen atoms in total. The molecule has 1 aromatic heterocycles. The molecular formula is C8H13ClN2O2S2. The van der Waals surface area contributed by atoms with Crippen molar-refractivity contribution in [3.05, 3.63) is 21.3 Å². The van der Waals surface area contributed by atoms with E-state index in [1.54, 1.807) is 19.1 Å². The zero-order valence-electron chi connectivity index (χ0n) is 8.23. The Morgan fingerprint density at radius 2 is 2.27 bits per heavy atom. The summed E-state index contributed by atoms with van der Waals surface area (Å²) in [6.45, 7) is 1.95. The van der Waals surface area contributed by atoms with Crippen molar-refractivity contribution in [2.75, 3.05) is 6.54 Å². The lowest BCUT2D eigenvalue weighted by Gasteiger charge is -2.10. The van der Waals surface area contributed by atoms with Crippen LogP contribution >= 0.6 is 22.9 Å². The fourth-order valence-electron chi connectivity index (χ4n) is 0.887. The van der Waals surface area contributed by atoms with Crippen molar-refractivity contribution in [2.45, 2.75) is 18.7 Å². The highest BCUT2D eigenvalue weighted by atomic mass is 35.5. The highest BCUT2D eigenvalue weighted by molar-refractivity contribution is 7.90. The van der Waals surface area contributed by atoms with Gasteiger partial charge in [-0.1, -0.05) is 11.6 Å².